The fraction of sp³-hybridized carbons (Fsp3) is 0.821. The van der Waals surface area contributed by atoms with Crippen LogP contribution in [0.4, 0.5) is 0 Å². The van der Waals surface area contributed by atoms with Gasteiger partial charge in [0.05, 0.1) is 17.4 Å². The Kier molecular flexibility index (Phi) is 5.07. The van der Waals surface area contributed by atoms with Gasteiger partial charge < -0.3 is 5.11 Å². The lowest BCUT2D eigenvalue weighted by molar-refractivity contribution is -0.154. The molecule has 1 aromatic heterocycles. The molecule has 0 amide bonds. The van der Waals surface area contributed by atoms with Crippen molar-refractivity contribution in [1.82, 2.24) is 9.78 Å². The predicted octanol–water partition coefficient (Wildman–Crippen LogP) is 4.98. The molecule has 0 radical (unpaired) electrons. The smallest absolute Gasteiger partial charge is 0.137 e. The van der Waals surface area contributed by atoms with E-state index >= 15 is 0 Å². The van der Waals surface area contributed by atoms with Gasteiger partial charge in [0.1, 0.15) is 11.9 Å². The first-order valence-electron chi connectivity index (χ1n) is 13.5. The molecule has 1 heterocycles. The van der Waals surface area contributed by atoms with Crippen LogP contribution in [0.3, 0.4) is 0 Å². The summed E-state index contributed by atoms with van der Waals surface area (Å²) in [5.41, 5.74) is 0.289. The number of aromatic nitrogens is 2. The Morgan fingerprint density at radius 3 is 2.76 bits per heavy atom. The first kappa shape index (κ1) is 21.8. The summed E-state index contributed by atoms with van der Waals surface area (Å²) in [6, 6.07) is 2.17. The summed E-state index contributed by atoms with van der Waals surface area (Å²) in [4.78, 5) is 13.8. The first-order valence-corrected chi connectivity index (χ1v) is 13.5. The largest absolute Gasteiger partial charge is 0.390 e. The second kappa shape index (κ2) is 7.67. The van der Waals surface area contributed by atoms with Crippen LogP contribution in [0.1, 0.15) is 83.6 Å². The van der Waals surface area contributed by atoms with Gasteiger partial charge >= 0.3 is 0 Å². The Hall–Kier alpha value is -1.67. The molecule has 5 aliphatic carbocycles. The third-order valence-corrected chi connectivity index (χ3v) is 11.1. The van der Waals surface area contributed by atoms with Crippen molar-refractivity contribution in [2.75, 3.05) is 0 Å². The van der Waals surface area contributed by atoms with Gasteiger partial charge in [-0.15, -0.1) is 0 Å². The van der Waals surface area contributed by atoms with Gasteiger partial charge in [0.15, 0.2) is 0 Å². The standard InChI is InChI=1S/C28H39N3O2/c1-17(15-31-16-18(13-29)14-30-31)23-7-8-24-22-6-3-19-11-28(33,20-4-5-20)10-9-21(19)26(22)25(32)12-27(23,24)2/h14,16-17,19-24,26,33H,3-12,15H2,1-2H3/t17-,19+,21-,22-,23+,24-,26+,27+,28+/m0/s1. The van der Waals surface area contributed by atoms with Crippen molar-refractivity contribution in [3.8, 4) is 6.07 Å². The number of carbonyl (C=O) groups excluding carboxylic acids is 1. The van der Waals surface area contributed by atoms with Crippen molar-refractivity contribution >= 4 is 5.78 Å². The van der Waals surface area contributed by atoms with Gasteiger partial charge in [-0.25, -0.2) is 0 Å². The molecule has 1 aromatic rings. The highest BCUT2D eigenvalue weighted by Crippen LogP contribution is 2.65. The number of nitriles is 1. The van der Waals surface area contributed by atoms with Crippen LogP contribution < -0.4 is 0 Å². The molecular formula is C28H39N3O2. The molecule has 0 saturated heterocycles. The third kappa shape index (κ3) is 3.42. The Morgan fingerprint density at radius 2 is 2.03 bits per heavy atom. The number of carbonyl (C=O) groups is 1. The Labute approximate surface area is 197 Å². The van der Waals surface area contributed by atoms with E-state index in [1.54, 1.807) is 6.20 Å². The SMILES string of the molecule is C[C@@H](Cn1cc(C#N)cn1)[C@H]1CC[C@H]2[C@@H]3CC[C@@H]4C[C@@](O)(C5CC5)CC[C@@H]4[C@H]3C(=O)C[C@]12C. The van der Waals surface area contributed by atoms with Crippen molar-refractivity contribution in [1.29, 1.82) is 5.26 Å². The van der Waals surface area contributed by atoms with E-state index in [9.17, 15) is 9.90 Å². The van der Waals surface area contributed by atoms with Crippen LogP contribution in [0.2, 0.25) is 0 Å². The van der Waals surface area contributed by atoms with E-state index in [2.05, 4.69) is 25.0 Å². The zero-order valence-electron chi connectivity index (χ0n) is 20.2. The van der Waals surface area contributed by atoms with E-state index in [0.717, 1.165) is 32.2 Å². The molecule has 5 saturated carbocycles. The Balaban J connectivity index is 1.19. The molecule has 178 valence electrons. The molecule has 0 aliphatic heterocycles. The van der Waals surface area contributed by atoms with Crippen molar-refractivity contribution < 1.29 is 9.90 Å². The minimum absolute atomic E-state index is 0.0964. The summed E-state index contributed by atoms with van der Waals surface area (Å²) in [7, 11) is 0. The number of Topliss-reactive ketones (excluding diaryl/α,β-unsaturated/α-hetero) is 1. The van der Waals surface area contributed by atoms with Crippen molar-refractivity contribution in [2.45, 2.75) is 90.2 Å². The van der Waals surface area contributed by atoms with Crippen LogP contribution in [0, 0.1) is 64.1 Å². The summed E-state index contributed by atoms with van der Waals surface area (Å²) >= 11 is 0. The topological polar surface area (TPSA) is 78.9 Å². The van der Waals surface area contributed by atoms with Gasteiger partial charge in [-0.05, 0) is 105 Å². The third-order valence-electron chi connectivity index (χ3n) is 11.1. The van der Waals surface area contributed by atoms with Crippen LogP contribution in [-0.4, -0.2) is 26.3 Å². The Bertz CT molecular complexity index is 976. The number of ketones is 1. The van der Waals surface area contributed by atoms with Crippen molar-refractivity contribution in [3.63, 3.8) is 0 Å². The average molecular weight is 450 g/mol. The van der Waals surface area contributed by atoms with E-state index in [-0.39, 0.29) is 11.3 Å². The van der Waals surface area contributed by atoms with E-state index < -0.39 is 5.60 Å². The fourth-order valence-electron chi connectivity index (χ4n) is 9.60. The lowest BCUT2D eigenvalue weighted by Gasteiger charge is -2.56. The average Bonchev–Trinajstić information content (AvgIpc) is 3.47. The van der Waals surface area contributed by atoms with Gasteiger partial charge in [-0.2, -0.15) is 10.4 Å². The molecule has 33 heavy (non-hydrogen) atoms. The summed E-state index contributed by atoms with van der Waals surface area (Å²) in [5.74, 6) is 4.59. The summed E-state index contributed by atoms with van der Waals surface area (Å²) in [5, 5.41) is 24.7. The van der Waals surface area contributed by atoms with Crippen LogP contribution in [0.5, 0.6) is 0 Å². The molecule has 1 N–H and O–H groups in total. The maximum Gasteiger partial charge on any atom is 0.137 e. The molecule has 0 unspecified atom stereocenters. The lowest BCUT2D eigenvalue weighted by Crippen LogP contribution is -2.55. The number of hydrogen-bond donors (Lipinski definition) is 1. The van der Waals surface area contributed by atoms with Gasteiger partial charge in [-0.1, -0.05) is 13.8 Å². The highest BCUT2D eigenvalue weighted by atomic mass is 16.3. The maximum atomic E-state index is 13.8. The quantitative estimate of drug-likeness (QED) is 0.703. The summed E-state index contributed by atoms with van der Waals surface area (Å²) in [6.07, 6.45) is 14.4. The molecule has 5 aliphatic rings. The number of rotatable bonds is 4. The van der Waals surface area contributed by atoms with Crippen molar-refractivity contribution in [3.05, 3.63) is 18.0 Å². The monoisotopic (exact) mass is 449 g/mol. The molecule has 9 atom stereocenters. The van der Waals surface area contributed by atoms with Gasteiger partial charge in [0, 0.05) is 25.1 Å². The van der Waals surface area contributed by atoms with Crippen LogP contribution >= 0.6 is 0 Å². The number of hydrogen-bond acceptors (Lipinski definition) is 4. The summed E-state index contributed by atoms with van der Waals surface area (Å²) < 4.78 is 1.92. The second-order valence-electron chi connectivity index (χ2n) is 12.8. The normalized spacial score (nSPS) is 45.6. The maximum absolute atomic E-state index is 13.8. The van der Waals surface area contributed by atoms with Crippen molar-refractivity contribution in [2.24, 2.45) is 52.8 Å². The molecule has 6 rings (SSSR count). The zero-order valence-corrected chi connectivity index (χ0v) is 20.2. The number of aliphatic hydroxyl groups is 1. The van der Waals surface area contributed by atoms with E-state index in [0.29, 0.717) is 52.8 Å². The van der Waals surface area contributed by atoms with Gasteiger partial charge in [0.25, 0.3) is 0 Å². The number of fused-ring (bicyclic) bond motifs is 5. The van der Waals surface area contributed by atoms with Crippen LogP contribution in [0.25, 0.3) is 0 Å². The van der Waals surface area contributed by atoms with E-state index in [4.69, 9.17) is 5.26 Å². The van der Waals surface area contributed by atoms with Crippen LogP contribution in [0.15, 0.2) is 12.4 Å². The lowest BCUT2D eigenvalue weighted by atomic mass is 9.48. The first-order chi connectivity index (χ1) is 15.8. The molecule has 0 bridgehead atoms. The molecule has 5 heteroatoms. The summed E-state index contributed by atoms with van der Waals surface area (Å²) in [6.45, 7) is 5.56. The molecule has 5 fully saturated rings. The van der Waals surface area contributed by atoms with Gasteiger partial charge in [0.2, 0.25) is 0 Å². The predicted molar refractivity (Wildman–Crippen MR) is 125 cm³/mol. The minimum Gasteiger partial charge on any atom is -0.390 e. The molecule has 0 spiro atoms. The highest BCUT2D eigenvalue weighted by Gasteiger charge is 2.62. The van der Waals surface area contributed by atoms with E-state index in [1.807, 2.05) is 10.9 Å². The molecule has 0 aromatic carbocycles. The molecule has 5 nitrogen and oxygen atoms in total. The number of nitrogens with zero attached hydrogens (tertiary/aromatic N) is 3. The second-order valence-corrected chi connectivity index (χ2v) is 12.8. The highest BCUT2D eigenvalue weighted by molar-refractivity contribution is 5.83. The Morgan fingerprint density at radius 1 is 1.21 bits per heavy atom. The van der Waals surface area contributed by atoms with Gasteiger partial charge in [-0.3, -0.25) is 9.48 Å². The van der Waals surface area contributed by atoms with Crippen LogP contribution in [-0.2, 0) is 11.3 Å². The fourth-order valence-corrected chi connectivity index (χ4v) is 9.60. The minimum atomic E-state index is -0.425. The molecular weight excluding hydrogens is 410 g/mol. The van der Waals surface area contributed by atoms with E-state index in [1.165, 1.54) is 38.5 Å². The zero-order chi connectivity index (χ0) is 23.0.